The van der Waals surface area contributed by atoms with E-state index in [9.17, 15) is 19.5 Å². The summed E-state index contributed by atoms with van der Waals surface area (Å²) in [6.07, 6.45) is -0.193. The molecular formula is C25H36N2O10S. The molecule has 1 aromatic rings. The minimum Gasteiger partial charge on any atom is -0.480 e. The maximum atomic E-state index is 12.3. The number of hydrogen-bond donors (Lipinski definition) is 3. The predicted octanol–water partition coefficient (Wildman–Crippen LogP) is 0.558. The molecule has 2 aliphatic rings. The van der Waals surface area contributed by atoms with Crippen LogP contribution in [0.15, 0.2) is 23.1 Å². The van der Waals surface area contributed by atoms with Crippen molar-refractivity contribution in [3.05, 3.63) is 29.3 Å². The van der Waals surface area contributed by atoms with Gasteiger partial charge < -0.3 is 33.9 Å². The molecule has 0 aliphatic carbocycles. The molecule has 1 fully saturated rings. The van der Waals surface area contributed by atoms with Gasteiger partial charge in [-0.15, -0.1) is 11.8 Å². The van der Waals surface area contributed by atoms with Crippen LogP contribution in [0.25, 0.3) is 0 Å². The van der Waals surface area contributed by atoms with Gasteiger partial charge in [0.2, 0.25) is 11.8 Å². The molecule has 212 valence electrons. The Morgan fingerprint density at radius 2 is 1.55 bits per heavy atom. The van der Waals surface area contributed by atoms with Gasteiger partial charge in [0.15, 0.2) is 0 Å². The molecule has 0 aromatic heterocycles. The van der Waals surface area contributed by atoms with Gasteiger partial charge in [-0.05, 0) is 18.1 Å². The van der Waals surface area contributed by atoms with Crippen molar-refractivity contribution in [2.45, 2.75) is 36.6 Å². The van der Waals surface area contributed by atoms with Crippen LogP contribution in [0.4, 0.5) is 0 Å². The zero-order valence-corrected chi connectivity index (χ0v) is 22.1. The van der Waals surface area contributed by atoms with Crippen molar-refractivity contribution in [3.63, 3.8) is 0 Å². The van der Waals surface area contributed by atoms with Gasteiger partial charge in [-0.2, -0.15) is 0 Å². The lowest BCUT2D eigenvalue weighted by Crippen LogP contribution is -2.51. The first-order chi connectivity index (χ1) is 18.5. The maximum absolute atomic E-state index is 12.3. The maximum Gasteiger partial charge on any atom is 0.329 e. The third-order valence-electron chi connectivity index (χ3n) is 5.91. The van der Waals surface area contributed by atoms with Crippen LogP contribution in [0.1, 0.15) is 30.2 Å². The van der Waals surface area contributed by atoms with E-state index in [2.05, 4.69) is 5.32 Å². The number of ether oxygens (including phenoxy) is 5. The van der Waals surface area contributed by atoms with Gasteiger partial charge in [0.1, 0.15) is 12.8 Å². The van der Waals surface area contributed by atoms with Crippen molar-refractivity contribution in [2.75, 3.05) is 71.8 Å². The number of carbonyl (C=O) groups excluding carboxylic acids is 2. The molecule has 0 bridgehead atoms. The van der Waals surface area contributed by atoms with E-state index in [1.54, 1.807) is 16.7 Å². The highest BCUT2D eigenvalue weighted by Gasteiger charge is 2.40. The number of nitrogens with zero attached hydrogens (tertiary/aromatic N) is 1. The zero-order chi connectivity index (χ0) is 27.2. The molecule has 2 amide bonds. The van der Waals surface area contributed by atoms with E-state index in [1.807, 2.05) is 18.2 Å². The Bertz CT molecular complexity index is 918. The van der Waals surface area contributed by atoms with Gasteiger partial charge in [0.25, 0.3) is 0 Å². The molecule has 2 aliphatic heterocycles. The Balaban J connectivity index is 1.20. The van der Waals surface area contributed by atoms with Crippen LogP contribution in [-0.4, -0.2) is 111 Å². The predicted molar refractivity (Wildman–Crippen MR) is 136 cm³/mol. The molecule has 12 nitrogen and oxygen atoms in total. The number of rotatable bonds is 19. The summed E-state index contributed by atoms with van der Waals surface area (Å²) in [7, 11) is 0. The number of hydrogen-bond acceptors (Lipinski definition) is 11. The molecule has 2 atom stereocenters. The average molecular weight is 557 g/mol. The normalized spacial score (nSPS) is 19.5. The van der Waals surface area contributed by atoms with Crippen molar-refractivity contribution >= 4 is 29.5 Å². The lowest BCUT2D eigenvalue weighted by Gasteiger charge is -2.31. The molecule has 0 spiro atoms. The van der Waals surface area contributed by atoms with Crippen molar-refractivity contribution < 1.29 is 48.3 Å². The minimum atomic E-state index is -1.00. The molecule has 13 heteroatoms. The molecule has 3 rings (SSSR count). The zero-order valence-electron chi connectivity index (χ0n) is 21.3. The molecule has 38 heavy (non-hydrogen) atoms. The fourth-order valence-electron chi connectivity index (χ4n) is 4.11. The molecule has 2 heterocycles. The highest BCUT2D eigenvalue weighted by molar-refractivity contribution is 7.99. The van der Waals surface area contributed by atoms with Crippen LogP contribution < -0.4 is 5.32 Å². The number of fused-ring (bicyclic) bond motifs is 1. The number of aliphatic hydroxyl groups is 1. The summed E-state index contributed by atoms with van der Waals surface area (Å²) in [6.45, 7) is 3.85. The van der Waals surface area contributed by atoms with Gasteiger partial charge in [0.05, 0.1) is 65.5 Å². The fraction of sp³-hybridized carbons (Fsp3) is 0.640. The van der Waals surface area contributed by atoms with Gasteiger partial charge in [-0.1, -0.05) is 12.1 Å². The van der Waals surface area contributed by atoms with E-state index in [-0.39, 0.29) is 31.4 Å². The summed E-state index contributed by atoms with van der Waals surface area (Å²) in [4.78, 5) is 36.8. The minimum absolute atomic E-state index is 0.230. The summed E-state index contributed by atoms with van der Waals surface area (Å²) >= 11 is 1.64. The van der Waals surface area contributed by atoms with Crippen molar-refractivity contribution in [1.82, 2.24) is 10.2 Å². The molecular weight excluding hydrogens is 520 g/mol. The van der Waals surface area contributed by atoms with Crippen LogP contribution in [0.3, 0.4) is 0 Å². The highest BCUT2D eigenvalue weighted by atomic mass is 32.2. The van der Waals surface area contributed by atoms with Crippen molar-refractivity contribution in [1.29, 1.82) is 0 Å². The van der Waals surface area contributed by atoms with E-state index in [0.29, 0.717) is 65.8 Å². The molecule has 2 unspecified atom stereocenters. The molecule has 0 radical (unpaired) electrons. The van der Waals surface area contributed by atoms with E-state index in [4.69, 9.17) is 28.8 Å². The largest absolute Gasteiger partial charge is 0.480 e. The third kappa shape index (κ3) is 9.89. The molecule has 1 saturated heterocycles. The average Bonchev–Trinajstić information content (AvgIpc) is 3.22. The summed E-state index contributed by atoms with van der Waals surface area (Å²) in [5.41, 5.74) is 1.81. The van der Waals surface area contributed by atoms with Crippen molar-refractivity contribution in [3.8, 4) is 0 Å². The second-order valence-corrected chi connectivity index (χ2v) is 9.72. The number of thioether (sulfide) groups is 1. The number of piperidine rings is 1. The van der Waals surface area contributed by atoms with E-state index in [1.165, 1.54) is 0 Å². The first kappa shape index (κ1) is 30.4. The van der Waals surface area contributed by atoms with Gasteiger partial charge in [0, 0.05) is 29.2 Å². The number of aliphatic carboxylic acids is 1. The summed E-state index contributed by atoms with van der Waals surface area (Å²) < 4.78 is 26.6. The van der Waals surface area contributed by atoms with E-state index < -0.39 is 18.2 Å². The SMILES string of the molecule is O=C(O)COCCOCCOCCOCCOCCSc1cccc2c1CN(C1CCC(=O)NC1=O)C2O. The van der Waals surface area contributed by atoms with Crippen LogP contribution in [0.5, 0.6) is 0 Å². The second kappa shape index (κ2) is 16.8. The smallest absolute Gasteiger partial charge is 0.329 e. The lowest BCUT2D eigenvalue weighted by molar-refractivity contribution is -0.143. The number of carbonyl (C=O) groups is 3. The number of carboxylic acid groups (broad SMARTS) is 1. The highest BCUT2D eigenvalue weighted by Crippen LogP contribution is 2.39. The number of carboxylic acids is 1. The lowest BCUT2D eigenvalue weighted by atomic mass is 10.0. The number of benzene rings is 1. The van der Waals surface area contributed by atoms with Gasteiger partial charge >= 0.3 is 5.97 Å². The Morgan fingerprint density at radius 1 is 0.947 bits per heavy atom. The number of imide groups is 1. The topological polar surface area (TPSA) is 153 Å². The third-order valence-corrected chi connectivity index (χ3v) is 6.98. The fourth-order valence-corrected chi connectivity index (χ4v) is 5.06. The molecule has 3 N–H and O–H groups in total. The Morgan fingerprint density at radius 3 is 2.16 bits per heavy atom. The number of aliphatic hydroxyl groups excluding tert-OH is 1. The number of nitrogens with one attached hydrogen (secondary N) is 1. The van der Waals surface area contributed by atoms with Crippen molar-refractivity contribution in [2.24, 2.45) is 0 Å². The Labute approximate surface area is 225 Å². The van der Waals surface area contributed by atoms with E-state index in [0.717, 1.165) is 21.8 Å². The van der Waals surface area contributed by atoms with E-state index >= 15 is 0 Å². The summed E-state index contributed by atoms with van der Waals surface area (Å²) in [5.74, 6) is -0.893. The Kier molecular flexibility index (Phi) is 13.4. The summed E-state index contributed by atoms with van der Waals surface area (Å²) in [6, 6.07) is 5.26. The monoisotopic (exact) mass is 556 g/mol. The first-order valence-electron chi connectivity index (χ1n) is 12.6. The first-order valence-corrected chi connectivity index (χ1v) is 13.6. The number of amides is 2. The van der Waals surface area contributed by atoms with Crippen LogP contribution in [-0.2, 0) is 44.6 Å². The van der Waals surface area contributed by atoms with Crippen LogP contribution in [0, 0.1) is 0 Å². The molecule has 0 saturated carbocycles. The van der Waals surface area contributed by atoms with Gasteiger partial charge in [-0.25, -0.2) is 4.79 Å². The Hall–Kier alpha value is -2.10. The molecule has 1 aromatic carbocycles. The second-order valence-electron chi connectivity index (χ2n) is 8.58. The standard InChI is InChI=1S/C25H36N2O10S/c28-22-5-4-20(24(31)26-22)27-16-19-18(25(27)32)2-1-3-21(19)38-15-14-36-11-10-34-7-6-33-8-9-35-12-13-37-17-23(29)30/h1-3,20,25,32H,4-17H2,(H,29,30)(H,26,28,31). The summed E-state index contributed by atoms with van der Waals surface area (Å²) in [5, 5.41) is 21.6. The van der Waals surface area contributed by atoms with Gasteiger partial charge in [-0.3, -0.25) is 19.8 Å². The van der Waals surface area contributed by atoms with Crippen LogP contribution in [0.2, 0.25) is 0 Å². The van der Waals surface area contributed by atoms with Crippen LogP contribution >= 0.6 is 11.8 Å². The quantitative estimate of drug-likeness (QED) is 0.124.